The molecular formula is C16H26N2O2SSi. The Morgan fingerprint density at radius 2 is 2.00 bits per heavy atom. The van der Waals surface area contributed by atoms with Gasteiger partial charge in [-0.25, -0.2) is 8.42 Å². The molecule has 0 spiro atoms. The zero-order valence-electron chi connectivity index (χ0n) is 13.7. The van der Waals surface area contributed by atoms with Crippen molar-refractivity contribution < 1.29 is 8.42 Å². The van der Waals surface area contributed by atoms with Gasteiger partial charge in [0.15, 0.2) is 0 Å². The van der Waals surface area contributed by atoms with Crippen LogP contribution in [0.3, 0.4) is 0 Å². The Morgan fingerprint density at radius 1 is 1.32 bits per heavy atom. The Bertz CT molecular complexity index is 684. The van der Waals surface area contributed by atoms with E-state index in [1.54, 1.807) is 4.31 Å². The van der Waals surface area contributed by atoms with Gasteiger partial charge < -0.3 is 5.73 Å². The van der Waals surface area contributed by atoms with Crippen LogP contribution in [-0.2, 0) is 15.6 Å². The molecule has 4 nitrogen and oxygen atoms in total. The van der Waals surface area contributed by atoms with Gasteiger partial charge in [-0.3, -0.25) is 4.31 Å². The van der Waals surface area contributed by atoms with Gasteiger partial charge >= 0.3 is 0 Å². The van der Waals surface area contributed by atoms with Crippen molar-refractivity contribution in [1.82, 2.24) is 0 Å². The molecule has 1 aliphatic heterocycles. The molecule has 0 aromatic heterocycles. The summed E-state index contributed by atoms with van der Waals surface area (Å²) in [7, 11) is -4.71. The molecule has 1 aromatic carbocycles. The summed E-state index contributed by atoms with van der Waals surface area (Å²) >= 11 is 0. The van der Waals surface area contributed by atoms with Crippen molar-refractivity contribution in [2.45, 2.75) is 56.5 Å². The number of para-hydroxylation sites is 1. The van der Waals surface area contributed by atoms with E-state index in [4.69, 9.17) is 5.73 Å². The second-order valence-corrected chi connectivity index (χ2v) is 15.5. The molecule has 122 valence electrons. The standard InChI is InChI=1S/C16H26N2O2SSi/c1-22(2,3)12-11-21(19,20)18-14-8-5-4-7-13(14)16(17)10-6-9-15(16)18/h4-5,7-8,15H,6,9-12,17H2,1-3H3/t15-,16+/m1/s1. The summed E-state index contributed by atoms with van der Waals surface area (Å²) in [5, 5.41) is 0. The first-order valence-electron chi connectivity index (χ1n) is 8.06. The highest BCUT2D eigenvalue weighted by molar-refractivity contribution is 7.92. The van der Waals surface area contributed by atoms with Crippen LogP contribution in [0.25, 0.3) is 0 Å². The van der Waals surface area contributed by atoms with Crippen molar-refractivity contribution in [1.29, 1.82) is 0 Å². The highest BCUT2D eigenvalue weighted by Gasteiger charge is 2.54. The summed E-state index contributed by atoms with van der Waals surface area (Å²) in [5.41, 5.74) is 7.97. The minimum atomic E-state index is -3.31. The van der Waals surface area contributed by atoms with Gasteiger partial charge in [0.05, 0.1) is 23.0 Å². The predicted octanol–water partition coefficient (Wildman–Crippen LogP) is 2.88. The maximum Gasteiger partial charge on any atom is 0.235 e. The number of benzene rings is 1. The number of hydrogen-bond donors (Lipinski definition) is 1. The van der Waals surface area contributed by atoms with Gasteiger partial charge in [-0.05, 0) is 36.9 Å². The zero-order chi connectivity index (χ0) is 16.2. The van der Waals surface area contributed by atoms with Crippen molar-refractivity contribution in [3.05, 3.63) is 29.8 Å². The molecule has 1 fully saturated rings. The van der Waals surface area contributed by atoms with Gasteiger partial charge in [-0.1, -0.05) is 37.8 Å². The Hall–Kier alpha value is -0.853. The second kappa shape index (κ2) is 5.08. The lowest BCUT2D eigenvalue weighted by Crippen LogP contribution is -2.49. The molecule has 2 aliphatic rings. The molecular weight excluding hydrogens is 312 g/mol. The van der Waals surface area contributed by atoms with Gasteiger partial charge in [-0.2, -0.15) is 0 Å². The van der Waals surface area contributed by atoms with E-state index in [-0.39, 0.29) is 11.8 Å². The van der Waals surface area contributed by atoms with E-state index in [0.29, 0.717) is 0 Å². The molecule has 0 amide bonds. The Kier molecular flexibility index (Phi) is 3.70. The van der Waals surface area contributed by atoms with E-state index in [1.807, 2.05) is 24.3 Å². The quantitative estimate of drug-likeness (QED) is 0.859. The van der Waals surface area contributed by atoms with Crippen LogP contribution in [0, 0.1) is 0 Å². The molecule has 0 radical (unpaired) electrons. The van der Waals surface area contributed by atoms with Gasteiger partial charge in [-0.15, -0.1) is 0 Å². The number of anilines is 1. The zero-order valence-corrected chi connectivity index (χ0v) is 15.5. The minimum Gasteiger partial charge on any atom is -0.320 e. The van der Waals surface area contributed by atoms with Crippen molar-refractivity contribution in [2.24, 2.45) is 5.73 Å². The number of rotatable bonds is 4. The monoisotopic (exact) mass is 338 g/mol. The van der Waals surface area contributed by atoms with Crippen molar-refractivity contribution in [3.63, 3.8) is 0 Å². The van der Waals surface area contributed by atoms with Crippen LogP contribution in [0.4, 0.5) is 5.69 Å². The highest BCUT2D eigenvalue weighted by atomic mass is 32.2. The molecule has 1 aliphatic carbocycles. The van der Waals surface area contributed by atoms with E-state index in [0.717, 1.165) is 36.6 Å². The Morgan fingerprint density at radius 3 is 2.68 bits per heavy atom. The van der Waals surface area contributed by atoms with E-state index in [9.17, 15) is 8.42 Å². The second-order valence-electron chi connectivity index (χ2n) is 7.89. The van der Waals surface area contributed by atoms with Crippen LogP contribution in [0.2, 0.25) is 25.7 Å². The van der Waals surface area contributed by atoms with Crippen LogP contribution in [0.5, 0.6) is 0 Å². The summed E-state index contributed by atoms with van der Waals surface area (Å²) in [4.78, 5) is 0. The number of nitrogens with zero attached hydrogens (tertiary/aromatic N) is 1. The van der Waals surface area contributed by atoms with E-state index < -0.39 is 23.6 Å². The predicted molar refractivity (Wildman–Crippen MR) is 94.4 cm³/mol. The smallest absolute Gasteiger partial charge is 0.235 e. The number of sulfonamides is 1. The molecule has 1 aromatic rings. The fourth-order valence-electron chi connectivity index (χ4n) is 3.76. The first kappa shape index (κ1) is 16.0. The summed E-state index contributed by atoms with van der Waals surface area (Å²) in [6, 6.07) is 8.47. The molecule has 0 saturated heterocycles. The minimum absolute atomic E-state index is 0.100. The third kappa shape index (κ3) is 2.51. The van der Waals surface area contributed by atoms with Crippen molar-refractivity contribution in [2.75, 3.05) is 10.1 Å². The summed E-state index contributed by atoms with van der Waals surface area (Å²) in [6.07, 6.45) is 2.72. The van der Waals surface area contributed by atoms with Crippen LogP contribution >= 0.6 is 0 Å². The summed E-state index contributed by atoms with van der Waals surface area (Å²) in [5.74, 6) is 0.240. The Labute approximate surface area is 134 Å². The number of nitrogens with two attached hydrogens (primary N) is 1. The van der Waals surface area contributed by atoms with Crippen molar-refractivity contribution >= 4 is 23.8 Å². The molecule has 2 N–H and O–H groups in total. The van der Waals surface area contributed by atoms with E-state index >= 15 is 0 Å². The van der Waals surface area contributed by atoms with E-state index in [1.165, 1.54) is 0 Å². The molecule has 6 heteroatoms. The maximum atomic E-state index is 13.0. The first-order chi connectivity index (χ1) is 10.2. The SMILES string of the molecule is C[Si](C)(C)CCS(=O)(=O)N1c2ccccc2[C@@]2(N)CCC[C@@H]12. The largest absolute Gasteiger partial charge is 0.320 e. The maximum absolute atomic E-state index is 13.0. The van der Waals surface area contributed by atoms with Gasteiger partial charge in [0, 0.05) is 8.07 Å². The third-order valence-corrected chi connectivity index (χ3v) is 8.88. The lowest BCUT2D eigenvalue weighted by atomic mass is 9.89. The van der Waals surface area contributed by atoms with Crippen LogP contribution < -0.4 is 10.0 Å². The highest BCUT2D eigenvalue weighted by Crippen LogP contribution is 2.51. The Balaban J connectivity index is 2.00. The normalized spacial score (nSPS) is 27.8. The molecule has 2 atom stereocenters. The lowest BCUT2D eigenvalue weighted by Gasteiger charge is -2.31. The average Bonchev–Trinajstić information content (AvgIpc) is 2.89. The number of fused-ring (bicyclic) bond motifs is 3. The van der Waals surface area contributed by atoms with Crippen LogP contribution in [0.1, 0.15) is 24.8 Å². The van der Waals surface area contributed by atoms with Crippen molar-refractivity contribution in [3.8, 4) is 0 Å². The fraction of sp³-hybridized carbons (Fsp3) is 0.625. The average molecular weight is 339 g/mol. The molecule has 0 unspecified atom stereocenters. The molecule has 0 bridgehead atoms. The lowest BCUT2D eigenvalue weighted by molar-refractivity contribution is 0.432. The van der Waals surface area contributed by atoms with E-state index in [2.05, 4.69) is 19.6 Å². The molecule has 22 heavy (non-hydrogen) atoms. The summed E-state index contributed by atoms with van der Waals surface area (Å²) in [6.45, 7) is 6.63. The van der Waals surface area contributed by atoms with Gasteiger partial charge in [0.1, 0.15) is 0 Å². The number of hydrogen-bond acceptors (Lipinski definition) is 3. The van der Waals surface area contributed by atoms with Gasteiger partial charge in [0.2, 0.25) is 10.0 Å². The molecule has 3 rings (SSSR count). The summed E-state index contributed by atoms with van der Waals surface area (Å²) < 4.78 is 27.7. The molecule has 1 heterocycles. The third-order valence-electron chi connectivity index (χ3n) is 5.00. The first-order valence-corrected chi connectivity index (χ1v) is 13.4. The van der Waals surface area contributed by atoms with Crippen LogP contribution in [0.15, 0.2) is 24.3 Å². The fourth-order valence-corrected chi connectivity index (χ4v) is 8.58. The van der Waals surface area contributed by atoms with Crippen LogP contribution in [-0.4, -0.2) is 28.3 Å². The topological polar surface area (TPSA) is 63.4 Å². The molecule has 1 saturated carbocycles. The van der Waals surface area contributed by atoms with Gasteiger partial charge in [0.25, 0.3) is 0 Å².